The number of aromatic nitrogens is 1. The Morgan fingerprint density at radius 1 is 1.30 bits per heavy atom. The van der Waals surface area contributed by atoms with Crippen LogP contribution in [0.5, 0.6) is 0 Å². The number of para-hydroxylation sites is 1. The van der Waals surface area contributed by atoms with Crippen LogP contribution in [0.3, 0.4) is 0 Å². The van der Waals surface area contributed by atoms with Gasteiger partial charge in [0.25, 0.3) is 0 Å². The van der Waals surface area contributed by atoms with Crippen LogP contribution >= 0.6 is 11.6 Å². The molecule has 5 nitrogen and oxygen atoms in total. The lowest BCUT2D eigenvalue weighted by Gasteiger charge is -2.09. The minimum Gasteiger partial charge on any atom is -0.478 e. The number of hydrogen-bond donors (Lipinski definition) is 2. The van der Waals surface area contributed by atoms with Gasteiger partial charge in [-0.25, -0.2) is 4.79 Å². The van der Waals surface area contributed by atoms with E-state index in [0.717, 1.165) is 0 Å². The smallest absolute Gasteiger partial charge is 0.337 e. The van der Waals surface area contributed by atoms with E-state index in [2.05, 4.69) is 5.32 Å². The number of carbonyl (C=O) groups excluding carboxylic acids is 1. The van der Waals surface area contributed by atoms with Gasteiger partial charge in [-0.05, 0) is 25.1 Å². The molecule has 0 radical (unpaired) electrons. The van der Waals surface area contributed by atoms with E-state index < -0.39 is 5.97 Å². The highest BCUT2D eigenvalue weighted by molar-refractivity contribution is 6.33. The molecule has 0 saturated heterocycles. The van der Waals surface area contributed by atoms with E-state index in [1.807, 2.05) is 0 Å². The fraction of sp³-hybridized carbons (Fsp3) is 0.143. The second-order valence-electron chi connectivity index (χ2n) is 4.28. The standard InChI is InChI=1S/C14H13ClN2O3/c1-9-10(14(19)20)6-7-17(9)8-13(18)16-12-5-3-2-4-11(12)15/h2-7H,8H2,1H3,(H,16,18)(H,19,20). The summed E-state index contributed by atoms with van der Waals surface area (Å²) >= 11 is 5.95. The predicted molar refractivity (Wildman–Crippen MR) is 76.2 cm³/mol. The highest BCUT2D eigenvalue weighted by atomic mass is 35.5. The van der Waals surface area contributed by atoms with E-state index in [1.165, 1.54) is 6.07 Å². The number of aromatic carboxylic acids is 1. The van der Waals surface area contributed by atoms with Gasteiger partial charge in [-0.1, -0.05) is 23.7 Å². The molecule has 0 unspecified atom stereocenters. The fourth-order valence-corrected chi connectivity index (χ4v) is 2.04. The van der Waals surface area contributed by atoms with E-state index in [0.29, 0.717) is 16.4 Å². The van der Waals surface area contributed by atoms with Crippen LogP contribution in [0.4, 0.5) is 5.69 Å². The molecule has 1 aromatic heterocycles. The topological polar surface area (TPSA) is 71.3 Å². The highest BCUT2D eigenvalue weighted by Crippen LogP contribution is 2.20. The molecule has 1 amide bonds. The number of halogens is 1. The number of nitrogens with zero attached hydrogens (tertiary/aromatic N) is 1. The summed E-state index contributed by atoms with van der Waals surface area (Å²) < 4.78 is 1.58. The van der Waals surface area contributed by atoms with Crippen LogP contribution in [0, 0.1) is 6.92 Å². The van der Waals surface area contributed by atoms with E-state index in [-0.39, 0.29) is 18.0 Å². The number of nitrogens with one attached hydrogen (secondary N) is 1. The lowest BCUT2D eigenvalue weighted by Crippen LogP contribution is -2.19. The largest absolute Gasteiger partial charge is 0.478 e. The first-order valence-electron chi connectivity index (χ1n) is 5.92. The van der Waals surface area contributed by atoms with Crippen LogP contribution in [0.2, 0.25) is 5.02 Å². The molecule has 20 heavy (non-hydrogen) atoms. The highest BCUT2D eigenvalue weighted by Gasteiger charge is 2.13. The average Bonchev–Trinajstić information content (AvgIpc) is 2.74. The molecule has 2 rings (SSSR count). The predicted octanol–water partition coefficient (Wildman–Crippen LogP) is 2.79. The molecule has 0 saturated carbocycles. The first kappa shape index (κ1) is 14.1. The number of rotatable bonds is 4. The van der Waals surface area contributed by atoms with Crippen LogP contribution in [0.1, 0.15) is 16.1 Å². The summed E-state index contributed by atoms with van der Waals surface area (Å²) in [5, 5.41) is 12.1. The van der Waals surface area contributed by atoms with E-state index in [1.54, 1.807) is 42.0 Å². The van der Waals surface area contributed by atoms with Crippen molar-refractivity contribution in [1.82, 2.24) is 4.57 Å². The van der Waals surface area contributed by atoms with Crippen LogP contribution in [0.25, 0.3) is 0 Å². The summed E-state index contributed by atoms with van der Waals surface area (Å²) in [5.74, 6) is -1.28. The zero-order valence-electron chi connectivity index (χ0n) is 10.8. The van der Waals surface area contributed by atoms with Crippen LogP contribution in [0.15, 0.2) is 36.5 Å². The minimum absolute atomic E-state index is 0.0321. The zero-order valence-corrected chi connectivity index (χ0v) is 11.5. The molecule has 0 aliphatic rings. The van der Waals surface area contributed by atoms with Crippen molar-refractivity contribution in [3.63, 3.8) is 0 Å². The maximum Gasteiger partial charge on any atom is 0.337 e. The molecule has 1 aromatic carbocycles. The third kappa shape index (κ3) is 3.00. The molecule has 0 atom stereocenters. The number of amides is 1. The maximum atomic E-state index is 11.9. The Balaban J connectivity index is 2.09. The van der Waals surface area contributed by atoms with Gasteiger partial charge in [0.1, 0.15) is 6.54 Å². The third-order valence-electron chi connectivity index (χ3n) is 2.93. The lowest BCUT2D eigenvalue weighted by atomic mass is 10.2. The van der Waals surface area contributed by atoms with Gasteiger partial charge in [0, 0.05) is 11.9 Å². The van der Waals surface area contributed by atoms with Crippen molar-refractivity contribution in [2.24, 2.45) is 0 Å². The van der Waals surface area contributed by atoms with Gasteiger partial charge < -0.3 is 15.0 Å². The minimum atomic E-state index is -1.01. The summed E-state index contributed by atoms with van der Waals surface area (Å²) in [6.07, 6.45) is 1.57. The van der Waals surface area contributed by atoms with Crippen molar-refractivity contribution in [3.8, 4) is 0 Å². The molecule has 2 N–H and O–H groups in total. The Morgan fingerprint density at radius 2 is 2.00 bits per heavy atom. The van der Waals surface area contributed by atoms with Crippen molar-refractivity contribution in [3.05, 3.63) is 52.8 Å². The second-order valence-corrected chi connectivity index (χ2v) is 4.68. The second kappa shape index (κ2) is 5.79. The van der Waals surface area contributed by atoms with E-state index in [9.17, 15) is 9.59 Å². The molecule has 0 spiro atoms. The number of benzene rings is 1. The number of anilines is 1. The van der Waals surface area contributed by atoms with Gasteiger partial charge in [0.05, 0.1) is 16.3 Å². The van der Waals surface area contributed by atoms with Crippen molar-refractivity contribution < 1.29 is 14.7 Å². The Bertz CT molecular complexity index is 664. The molecular weight excluding hydrogens is 280 g/mol. The number of carboxylic acids is 1. The Morgan fingerprint density at radius 3 is 2.60 bits per heavy atom. The molecule has 2 aromatic rings. The number of carbonyl (C=O) groups is 2. The molecule has 104 valence electrons. The normalized spacial score (nSPS) is 10.3. The Hall–Kier alpha value is -2.27. The summed E-state index contributed by atoms with van der Waals surface area (Å²) in [5.41, 5.74) is 1.25. The molecule has 1 heterocycles. The number of hydrogen-bond acceptors (Lipinski definition) is 2. The van der Waals surface area contributed by atoms with Crippen LogP contribution in [-0.4, -0.2) is 21.6 Å². The summed E-state index contributed by atoms with van der Waals surface area (Å²) in [6.45, 7) is 1.69. The monoisotopic (exact) mass is 292 g/mol. The van der Waals surface area contributed by atoms with Gasteiger partial charge in [-0.3, -0.25) is 4.79 Å². The van der Waals surface area contributed by atoms with Gasteiger partial charge >= 0.3 is 5.97 Å². The van der Waals surface area contributed by atoms with Gasteiger partial charge in [0.15, 0.2) is 0 Å². The quantitative estimate of drug-likeness (QED) is 0.910. The average molecular weight is 293 g/mol. The first-order chi connectivity index (χ1) is 9.49. The van der Waals surface area contributed by atoms with Gasteiger partial charge in [-0.2, -0.15) is 0 Å². The van der Waals surface area contributed by atoms with Crippen molar-refractivity contribution in [2.45, 2.75) is 13.5 Å². The SMILES string of the molecule is Cc1c(C(=O)O)ccn1CC(=O)Nc1ccccc1Cl. The summed E-state index contributed by atoms with van der Waals surface area (Å²) in [4.78, 5) is 22.9. The molecule has 0 bridgehead atoms. The fourth-order valence-electron chi connectivity index (χ4n) is 1.86. The van der Waals surface area contributed by atoms with Gasteiger partial charge in [0.2, 0.25) is 5.91 Å². The maximum absolute atomic E-state index is 11.9. The molecule has 6 heteroatoms. The van der Waals surface area contributed by atoms with Gasteiger partial charge in [-0.15, -0.1) is 0 Å². The summed E-state index contributed by atoms with van der Waals surface area (Å²) in [6, 6.07) is 8.39. The zero-order chi connectivity index (χ0) is 14.7. The van der Waals surface area contributed by atoms with E-state index in [4.69, 9.17) is 16.7 Å². The first-order valence-corrected chi connectivity index (χ1v) is 6.30. The molecular formula is C14H13ClN2O3. The molecule has 0 aliphatic carbocycles. The Labute approximate surface area is 120 Å². The third-order valence-corrected chi connectivity index (χ3v) is 3.26. The van der Waals surface area contributed by atoms with Crippen molar-refractivity contribution in [2.75, 3.05) is 5.32 Å². The number of carboxylic acid groups (broad SMARTS) is 1. The van der Waals surface area contributed by atoms with Crippen LogP contribution < -0.4 is 5.32 Å². The lowest BCUT2D eigenvalue weighted by molar-refractivity contribution is -0.116. The summed E-state index contributed by atoms with van der Waals surface area (Å²) in [7, 11) is 0. The Kier molecular flexibility index (Phi) is 4.10. The molecule has 0 fully saturated rings. The van der Waals surface area contributed by atoms with Crippen molar-refractivity contribution >= 4 is 29.2 Å². The molecule has 0 aliphatic heterocycles. The van der Waals surface area contributed by atoms with E-state index >= 15 is 0 Å². The van der Waals surface area contributed by atoms with Crippen LogP contribution in [-0.2, 0) is 11.3 Å². The van der Waals surface area contributed by atoms with Crippen molar-refractivity contribution in [1.29, 1.82) is 0 Å².